The number of fused-ring (bicyclic) bond motifs is 3. The number of carbonyl (C=O) groups excluding carboxylic acids is 1. The van der Waals surface area contributed by atoms with Gasteiger partial charge in [0.2, 0.25) is 0 Å². The molecule has 1 saturated carbocycles. The molecule has 0 spiro atoms. The maximum absolute atomic E-state index is 11.8. The van der Waals surface area contributed by atoms with E-state index in [9.17, 15) is 4.79 Å². The third-order valence-electron chi connectivity index (χ3n) is 3.97. The molecule has 0 N–H and O–H groups in total. The fourth-order valence-electron chi connectivity index (χ4n) is 2.86. The van der Waals surface area contributed by atoms with Crippen LogP contribution in [0.25, 0.3) is 0 Å². The Bertz CT molecular complexity index is 483. The highest BCUT2D eigenvalue weighted by Gasteiger charge is 2.51. The van der Waals surface area contributed by atoms with Crippen molar-refractivity contribution in [2.75, 3.05) is 5.06 Å². The van der Waals surface area contributed by atoms with Gasteiger partial charge in [-0.1, -0.05) is 29.8 Å². The lowest BCUT2D eigenvalue weighted by Crippen LogP contribution is -2.61. The van der Waals surface area contributed by atoms with E-state index in [4.69, 9.17) is 4.84 Å². The quantitative estimate of drug-likeness (QED) is 0.797. The lowest BCUT2D eigenvalue weighted by molar-refractivity contribution is -0.159. The van der Waals surface area contributed by atoms with E-state index >= 15 is 0 Å². The van der Waals surface area contributed by atoms with Crippen molar-refractivity contribution in [1.29, 1.82) is 0 Å². The summed E-state index contributed by atoms with van der Waals surface area (Å²) in [5.74, 6) is 0.243. The third-order valence-corrected chi connectivity index (χ3v) is 4.50. The van der Waals surface area contributed by atoms with E-state index in [1.165, 1.54) is 0 Å². The molecule has 4 rings (SSSR count). The van der Waals surface area contributed by atoms with Crippen LogP contribution >= 0.6 is 15.9 Å². The number of rotatable bonds is 1. The minimum atomic E-state index is -0.270. The molecule has 2 unspecified atom stereocenters. The fraction of sp³-hybridized carbons (Fsp3) is 0.500. The Kier molecular flexibility index (Phi) is 2.75. The lowest BCUT2D eigenvalue weighted by atomic mass is 9.70. The molecule has 0 radical (unpaired) electrons. The molecule has 2 atom stereocenters. The van der Waals surface area contributed by atoms with Crippen molar-refractivity contribution >= 4 is 27.4 Å². The summed E-state index contributed by atoms with van der Waals surface area (Å²) in [6.45, 7) is 4.43. The van der Waals surface area contributed by atoms with Crippen LogP contribution in [0.5, 0.6) is 0 Å². The van der Waals surface area contributed by atoms with Crippen molar-refractivity contribution in [3.05, 3.63) is 28.7 Å². The lowest BCUT2D eigenvalue weighted by Gasteiger charge is -2.53. The van der Waals surface area contributed by atoms with E-state index in [2.05, 4.69) is 29.8 Å². The second-order valence-electron chi connectivity index (χ2n) is 5.78. The highest BCUT2D eigenvalue weighted by molar-refractivity contribution is 9.10. The first-order valence-electron chi connectivity index (χ1n) is 6.22. The van der Waals surface area contributed by atoms with E-state index in [1.807, 2.05) is 29.3 Å². The molecule has 0 amide bonds. The Morgan fingerprint density at radius 2 is 2.00 bits per heavy atom. The Labute approximate surface area is 115 Å². The SMILES string of the molecule is CC1(C)CC2ON(c3ccc(Br)cc3)C1CC2=O. The zero-order valence-electron chi connectivity index (χ0n) is 10.5. The normalized spacial score (nSPS) is 29.7. The van der Waals surface area contributed by atoms with Crippen LogP contribution < -0.4 is 5.06 Å². The van der Waals surface area contributed by atoms with Gasteiger partial charge in [0.05, 0.1) is 11.7 Å². The van der Waals surface area contributed by atoms with Gasteiger partial charge < -0.3 is 0 Å². The van der Waals surface area contributed by atoms with Crippen LogP contribution in [0.3, 0.4) is 0 Å². The Morgan fingerprint density at radius 1 is 1.33 bits per heavy atom. The van der Waals surface area contributed by atoms with Gasteiger partial charge in [-0.3, -0.25) is 9.63 Å². The number of hydroxylamine groups is 1. The van der Waals surface area contributed by atoms with Crippen LogP contribution in [0.4, 0.5) is 5.69 Å². The maximum Gasteiger partial charge on any atom is 0.166 e. The first kappa shape index (κ1) is 12.2. The predicted octanol–water partition coefficient (Wildman–Crippen LogP) is 3.33. The number of Topliss-reactive ketones (excluding diaryl/α,β-unsaturated/α-hetero) is 1. The topological polar surface area (TPSA) is 29.5 Å². The molecular weight excluding hydrogens is 294 g/mol. The van der Waals surface area contributed by atoms with Crippen molar-refractivity contribution in [2.24, 2.45) is 5.41 Å². The summed E-state index contributed by atoms with van der Waals surface area (Å²) in [4.78, 5) is 17.6. The number of hydrogen-bond acceptors (Lipinski definition) is 3. The highest BCUT2D eigenvalue weighted by Crippen LogP contribution is 2.45. The van der Waals surface area contributed by atoms with Crippen molar-refractivity contribution < 1.29 is 9.63 Å². The zero-order valence-corrected chi connectivity index (χ0v) is 12.1. The molecule has 0 aromatic heterocycles. The van der Waals surface area contributed by atoms with Gasteiger partial charge in [-0.2, -0.15) is 0 Å². The van der Waals surface area contributed by atoms with Gasteiger partial charge >= 0.3 is 0 Å². The summed E-state index contributed by atoms with van der Waals surface area (Å²) in [7, 11) is 0. The molecule has 3 fully saturated rings. The molecule has 18 heavy (non-hydrogen) atoms. The molecule has 3 nitrogen and oxygen atoms in total. The smallest absolute Gasteiger partial charge is 0.166 e. The molecule has 96 valence electrons. The van der Waals surface area contributed by atoms with Gasteiger partial charge in [0.1, 0.15) is 6.10 Å². The van der Waals surface area contributed by atoms with Gasteiger partial charge in [-0.25, -0.2) is 5.06 Å². The molecule has 1 aliphatic carbocycles. The predicted molar refractivity (Wildman–Crippen MR) is 73.3 cm³/mol. The van der Waals surface area contributed by atoms with Crippen molar-refractivity contribution in [3.8, 4) is 0 Å². The summed E-state index contributed by atoms with van der Waals surface area (Å²) in [6, 6.07) is 8.17. The molecule has 2 heterocycles. The second-order valence-corrected chi connectivity index (χ2v) is 6.69. The zero-order chi connectivity index (χ0) is 12.9. The van der Waals surface area contributed by atoms with Crippen molar-refractivity contribution in [2.45, 2.75) is 38.8 Å². The molecule has 3 aliphatic rings. The van der Waals surface area contributed by atoms with E-state index in [1.54, 1.807) is 0 Å². The number of nitrogens with zero attached hydrogens (tertiary/aromatic N) is 1. The summed E-state index contributed by atoms with van der Waals surface area (Å²) in [5, 5.41) is 1.93. The molecule has 4 heteroatoms. The van der Waals surface area contributed by atoms with Crippen LogP contribution in [0.2, 0.25) is 0 Å². The second kappa shape index (κ2) is 4.07. The number of carbonyl (C=O) groups is 1. The van der Waals surface area contributed by atoms with Crippen LogP contribution in [-0.4, -0.2) is 17.9 Å². The average Bonchev–Trinajstić information content (AvgIpc) is 2.31. The molecule has 1 aromatic rings. The molecule has 2 bridgehead atoms. The highest BCUT2D eigenvalue weighted by atomic mass is 79.9. The fourth-order valence-corrected chi connectivity index (χ4v) is 3.13. The molecule has 2 aliphatic heterocycles. The largest absolute Gasteiger partial charge is 0.297 e. The van der Waals surface area contributed by atoms with E-state index in [0.717, 1.165) is 16.6 Å². The number of ketones is 1. The average molecular weight is 310 g/mol. The number of hydrogen-bond donors (Lipinski definition) is 0. The summed E-state index contributed by atoms with van der Waals surface area (Å²) in [5.41, 5.74) is 1.14. The first-order valence-corrected chi connectivity index (χ1v) is 7.01. The van der Waals surface area contributed by atoms with E-state index in [0.29, 0.717) is 6.42 Å². The van der Waals surface area contributed by atoms with Crippen LogP contribution in [0.15, 0.2) is 28.7 Å². The number of benzene rings is 1. The van der Waals surface area contributed by atoms with Crippen LogP contribution in [-0.2, 0) is 9.63 Å². The summed E-state index contributed by atoms with van der Waals surface area (Å²) < 4.78 is 1.05. The summed E-state index contributed by atoms with van der Waals surface area (Å²) >= 11 is 3.43. The van der Waals surface area contributed by atoms with Gasteiger partial charge in [-0.05, 0) is 36.1 Å². The summed E-state index contributed by atoms with van der Waals surface area (Å²) in [6.07, 6.45) is 1.14. The van der Waals surface area contributed by atoms with Crippen LogP contribution in [0, 0.1) is 5.41 Å². The number of anilines is 1. The molecular formula is C14H16BrNO2. The monoisotopic (exact) mass is 309 g/mol. The van der Waals surface area contributed by atoms with Gasteiger partial charge in [-0.15, -0.1) is 0 Å². The first-order chi connectivity index (χ1) is 8.47. The van der Waals surface area contributed by atoms with Gasteiger partial charge in [0.25, 0.3) is 0 Å². The van der Waals surface area contributed by atoms with Crippen molar-refractivity contribution in [1.82, 2.24) is 0 Å². The van der Waals surface area contributed by atoms with E-state index in [-0.39, 0.29) is 23.3 Å². The number of halogens is 1. The third kappa shape index (κ3) is 1.88. The minimum absolute atomic E-state index is 0.115. The van der Waals surface area contributed by atoms with Gasteiger partial charge in [0.15, 0.2) is 5.78 Å². The Morgan fingerprint density at radius 3 is 2.61 bits per heavy atom. The van der Waals surface area contributed by atoms with Crippen LogP contribution in [0.1, 0.15) is 26.7 Å². The Hall–Kier alpha value is -0.870. The maximum atomic E-state index is 11.8. The molecule has 2 saturated heterocycles. The van der Waals surface area contributed by atoms with Gasteiger partial charge in [0, 0.05) is 10.9 Å². The van der Waals surface area contributed by atoms with Crippen molar-refractivity contribution in [3.63, 3.8) is 0 Å². The van der Waals surface area contributed by atoms with E-state index < -0.39 is 0 Å². The molecule has 1 aromatic carbocycles. The standard InChI is InChI=1S/C14H16BrNO2/c1-14(2)8-12-11(17)7-13(14)16(18-12)10-5-3-9(15)4-6-10/h3-6,12-13H,7-8H2,1-2H3. The minimum Gasteiger partial charge on any atom is -0.297 e. The Balaban J connectivity index is 1.94.